The van der Waals surface area contributed by atoms with Crippen molar-refractivity contribution in [2.45, 2.75) is 26.3 Å². The van der Waals surface area contributed by atoms with E-state index in [0.717, 1.165) is 16.8 Å². The minimum absolute atomic E-state index is 0.0770. The highest BCUT2D eigenvalue weighted by Gasteiger charge is 2.22. The van der Waals surface area contributed by atoms with Crippen molar-refractivity contribution in [3.05, 3.63) is 102 Å². The lowest BCUT2D eigenvalue weighted by molar-refractivity contribution is -0.135. The highest BCUT2D eigenvalue weighted by molar-refractivity contribution is 6.30. The van der Waals surface area contributed by atoms with Crippen molar-refractivity contribution in [3.8, 4) is 16.9 Å². The van der Waals surface area contributed by atoms with E-state index in [1.165, 1.54) is 0 Å². The standard InChI is InChI=1S/C28H27ClN4O2/c1-20(2)32(27(35)16-21-10-5-3-6-11-21)19-26(34)31-28-30-25(22-12-7-4-8-13-22)18-33(28)24-15-9-14-23(29)17-24/h3-15,17-18,20H,16,19H2,1-2H3,(H,30,31,34). The SMILES string of the molecule is CC(C)N(CC(=O)Nc1nc(-c2ccccc2)cn1-c1cccc(Cl)c1)C(=O)Cc1ccccc1. The summed E-state index contributed by atoms with van der Waals surface area (Å²) in [6.45, 7) is 3.72. The lowest BCUT2D eigenvalue weighted by Crippen LogP contribution is -2.43. The van der Waals surface area contributed by atoms with Crippen LogP contribution in [0, 0.1) is 0 Å². The Labute approximate surface area is 210 Å². The highest BCUT2D eigenvalue weighted by atomic mass is 35.5. The van der Waals surface area contributed by atoms with Crippen LogP contribution in [0.5, 0.6) is 0 Å². The Morgan fingerprint density at radius 2 is 1.66 bits per heavy atom. The van der Waals surface area contributed by atoms with Gasteiger partial charge in [-0.15, -0.1) is 0 Å². The summed E-state index contributed by atoms with van der Waals surface area (Å²) in [4.78, 5) is 32.3. The molecule has 4 aromatic rings. The van der Waals surface area contributed by atoms with Crippen molar-refractivity contribution in [1.82, 2.24) is 14.5 Å². The minimum atomic E-state index is -0.325. The van der Waals surface area contributed by atoms with Gasteiger partial charge >= 0.3 is 0 Å². The monoisotopic (exact) mass is 486 g/mol. The number of anilines is 1. The second-order valence-corrected chi connectivity index (χ2v) is 8.93. The molecule has 0 aliphatic rings. The summed E-state index contributed by atoms with van der Waals surface area (Å²) in [6.07, 6.45) is 2.10. The van der Waals surface area contributed by atoms with Crippen molar-refractivity contribution in [1.29, 1.82) is 0 Å². The molecule has 0 fully saturated rings. The lowest BCUT2D eigenvalue weighted by Gasteiger charge is -2.26. The van der Waals surface area contributed by atoms with Gasteiger partial charge in [-0.25, -0.2) is 4.98 Å². The Kier molecular flexibility index (Phi) is 7.63. The molecule has 0 aliphatic heterocycles. The zero-order valence-electron chi connectivity index (χ0n) is 19.7. The zero-order valence-corrected chi connectivity index (χ0v) is 20.4. The van der Waals surface area contributed by atoms with E-state index in [-0.39, 0.29) is 30.8 Å². The number of imidazole rings is 1. The largest absolute Gasteiger partial charge is 0.331 e. The van der Waals surface area contributed by atoms with Gasteiger partial charge < -0.3 is 4.90 Å². The number of nitrogens with zero attached hydrogens (tertiary/aromatic N) is 3. The smallest absolute Gasteiger partial charge is 0.246 e. The van der Waals surface area contributed by atoms with Crippen LogP contribution in [0.1, 0.15) is 19.4 Å². The van der Waals surface area contributed by atoms with E-state index in [1.54, 1.807) is 21.6 Å². The van der Waals surface area contributed by atoms with E-state index in [2.05, 4.69) is 10.3 Å². The Morgan fingerprint density at radius 1 is 0.971 bits per heavy atom. The third-order valence-corrected chi connectivity index (χ3v) is 5.80. The first-order valence-electron chi connectivity index (χ1n) is 11.4. The maximum atomic E-state index is 13.1. The Balaban J connectivity index is 1.57. The molecule has 2 amide bonds. The van der Waals surface area contributed by atoms with Crippen LogP contribution in [0.15, 0.2) is 91.1 Å². The van der Waals surface area contributed by atoms with Crippen LogP contribution >= 0.6 is 11.6 Å². The van der Waals surface area contributed by atoms with Crippen LogP contribution in [-0.4, -0.2) is 38.9 Å². The first-order chi connectivity index (χ1) is 16.9. The molecular weight excluding hydrogens is 460 g/mol. The number of carbonyl (C=O) groups excluding carboxylic acids is 2. The van der Waals surface area contributed by atoms with E-state index in [0.29, 0.717) is 16.7 Å². The summed E-state index contributed by atoms with van der Waals surface area (Å²) in [5.74, 6) is -0.0755. The Bertz CT molecular complexity index is 1300. The second-order valence-electron chi connectivity index (χ2n) is 8.49. The number of amides is 2. The van der Waals surface area contributed by atoms with Gasteiger partial charge in [0.25, 0.3) is 0 Å². The summed E-state index contributed by atoms with van der Waals surface area (Å²) in [5.41, 5.74) is 3.31. The number of hydrogen-bond donors (Lipinski definition) is 1. The predicted molar refractivity (Wildman–Crippen MR) is 140 cm³/mol. The molecule has 0 spiro atoms. The minimum Gasteiger partial charge on any atom is -0.331 e. The molecule has 1 N–H and O–H groups in total. The Hall–Kier alpha value is -3.90. The van der Waals surface area contributed by atoms with E-state index >= 15 is 0 Å². The van der Waals surface area contributed by atoms with E-state index < -0.39 is 0 Å². The molecule has 1 aromatic heterocycles. The van der Waals surface area contributed by atoms with Crippen LogP contribution in [-0.2, 0) is 16.0 Å². The molecule has 0 radical (unpaired) electrons. The van der Waals surface area contributed by atoms with Gasteiger partial charge in [-0.2, -0.15) is 0 Å². The van der Waals surface area contributed by atoms with Gasteiger partial charge in [0.1, 0.15) is 6.54 Å². The normalized spacial score (nSPS) is 10.9. The van der Waals surface area contributed by atoms with Crippen molar-refractivity contribution >= 4 is 29.4 Å². The highest BCUT2D eigenvalue weighted by Crippen LogP contribution is 2.25. The van der Waals surface area contributed by atoms with Gasteiger partial charge in [0.2, 0.25) is 17.8 Å². The topological polar surface area (TPSA) is 67.2 Å². The molecule has 0 atom stereocenters. The summed E-state index contributed by atoms with van der Waals surface area (Å²) in [6, 6.07) is 26.4. The first-order valence-corrected chi connectivity index (χ1v) is 11.8. The third-order valence-electron chi connectivity index (χ3n) is 5.57. The molecule has 6 nitrogen and oxygen atoms in total. The molecule has 0 unspecified atom stereocenters. The van der Waals surface area contributed by atoms with Gasteiger partial charge in [-0.05, 0) is 37.6 Å². The molecule has 4 rings (SSSR count). The summed E-state index contributed by atoms with van der Waals surface area (Å²) in [7, 11) is 0. The summed E-state index contributed by atoms with van der Waals surface area (Å²) in [5, 5.41) is 3.47. The third kappa shape index (κ3) is 6.16. The van der Waals surface area contributed by atoms with Crippen LogP contribution in [0.25, 0.3) is 16.9 Å². The fourth-order valence-electron chi connectivity index (χ4n) is 3.79. The fraction of sp³-hybridized carbons (Fsp3) is 0.179. The number of aromatic nitrogens is 2. The number of benzene rings is 3. The van der Waals surface area contributed by atoms with E-state index in [9.17, 15) is 9.59 Å². The van der Waals surface area contributed by atoms with Gasteiger partial charge in [0, 0.05) is 28.5 Å². The van der Waals surface area contributed by atoms with Crippen molar-refractivity contribution in [2.75, 3.05) is 11.9 Å². The molecule has 1 heterocycles. The lowest BCUT2D eigenvalue weighted by atomic mass is 10.1. The van der Waals surface area contributed by atoms with Gasteiger partial charge in [0.05, 0.1) is 12.1 Å². The average molecular weight is 487 g/mol. The number of carbonyl (C=O) groups is 2. The predicted octanol–water partition coefficient (Wildman–Crippen LogP) is 5.61. The van der Waals surface area contributed by atoms with Crippen molar-refractivity contribution in [2.24, 2.45) is 0 Å². The van der Waals surface area contributed by atoms with Crippen LogP contribution in [0.3, 0.4) is 0 Å². The summed E-state index contributed by atoms with van der Waals surface area (Å²) < 4.78 is 1.79. The molecule has 0 saturated carbocycles. The van der Waals surface area contributed by atoms with Crippen molar-refractivity contribution in [3.63, 3.8) is 0 Å². The maximum absolute atomic E-state index is 13.1. The first kappa shape index (κ1) is 24.2. The summed E-state index contributed by atoms with van der Waals surface area (Å²) >= 11 is 6.22. The molecule has 0 bridgehead atoms. The van der Waals surface area contributed by atoms with Crippen LogP contribution in [0.2, 0.25) is 5.02 Å². The molecule has 0 aliphatic carbocycles. The van der Waals surface area contributed by atoms with Crippen LogP contribution < -0.4 is 5.32 Å². The zero-order chi connectivity index (χ0) is 24.8. The van der Waals surface area contributed by atoms with Gasteiger partial charge in [0.15, 0.2) is 0 Å². The van der Waals surface area contributed by atoms with Gasteiger partial charge in [-0.1, -0.05) is 78.3 Å². The molecule has 7 heteroatoms. The molecule has 0 saturated heterocycles. The molecule has 3 aromatic carbocycles. The van der Waals surface area contributed by atoms with Crippen LogP contribution in [0.4, 0.5) is 5.95 Å². The molecular formula is C28H27ClN4O2. The average Bonchev–Trinajstić information content (AvgIpc) is 3.27. The number of halogens is 1. The number of rotatable bonds is 8. The Morgan fingerprint density at radius 3 is 2.31 bits per heavy atom. The maximum Gasteiger partial charge on any atom is 0.246 e. The molecule has 35 heavy (non-hydrogen) atoms. The second kappa shape index (κ2) is 11.0. The van der Waals surface area contributed by atoms with E-state index in [4.69, 9.17) is 11.6 Å². The number of nitrogens with one attached hydrogen (secondary N) is 1. The number of hydrogen-bond acceptors (Lipinski definition) is 3. The molecule has 178 valence electrons. The quantitative estimate of drug-likeness (QED) is 0.352. The van der Waals surface area contributed by atoms with Gasteiger partial charge in [-0.3, -0.25) is 19.5 Å². The van der Waals surface area contributed by atoms with E-state index in [1.807, 2.05) is 92.8 Å². The fourth-order valence-corrected chi connectivity index (χ4v) is 3.97. The van der Waals surface area contributed by atoms with Crippen molar-refractivity contribution < 1.29 is 9.59 Å².